The van der Waals surface area contributed by atoms with E-state index in [1.165, 1.54) is 24.5 Å². The van der Waals surface area contributed by atoms with Gasteiger partial charge in [0, 0.05) is 17.7 Å². The van der Waals surface area contributed by atoms with Crippen LogP contribution >= 0.6 is 34.8 Å². The van der Waals surface area contributed by atoms with E-state index in [9.17, 15) is 14.9 Å². The van der Waals surface area contributed by atoms with Gasteiger partial charge in [0.15, 0.2) is 5.76 Å². The molecule has 24 heavy (non-hydrogen) atoms. The van der Waals surface area contributed by atoms with Crippen LogP contribution in [0.15, 0.2) is 47.1 Å². The van der Waals surface area contributed by atoms with Gasteiger partial charge in [-0.2, -0.15) is 0 Å². The van der Waals surface area contributed by atoms with Gasteiger partial charge in [0.05, 0.1) is 11.2 Å². The number of nitrogens with two attached hydrogens (primary N) is 1. The number of hydrogen-bond acceptors (Lipinski definition) is 4. The Balaban J connectivity index is 2.09. The molecule has 10 heteroatoms. The van der Waals surface area contributed by atoms with Crippen LogP contribution in [0.4, 0.5) is 5.69 Å². The van der Waals surface area contributed by atoms with Crippen molar-refractivity contribution in [2.45, 2.75) is 16.5 Å². The first kappa shape index (κ1) is 18.5. The lowest BCUT2D eigenvalue weighted by molar-refractivity contribution is -0.708. The number of nitro benzene ring substituents is 1. The SMILES string of the molecule is O=C(N[C@@H]([NH2+]Cc1ccco1)C(Cl)(Cl)Cl)c1cccc([N+](=O)[O-])c1. The monoisotopic (exact) mass is 392 g/mol. The van der Waals surface area contributed by atoms with Crippen LogP contribution in [0.1, 0.15) is 16.1 Å². The topological polar surface area (TPSA) is 102 Å². The zero-order valence-electron chi connectivity index (χ0n) is 12.1. The van der Waals surface area contributed by atoms with Crippen LogP contribution in [0, 0.1) is 10.1 Å². The van der Waals surface area contributed by atoms with Crippen LogP contribution < -0.4 is 10.6 Å². The molecule has 128 valence electrons. The molecule has 0 radical (unpaired) electrons. The molecule has 0 aliphatic rings. The molecule has 1 aromatic heterocycles. The molecule has 1 heterocycles. The van der Waals surface area contributed by atoms with Crippen molar-refractivity contribution in [1.29, 1.82) is 0 Å². The number of quaternary nitrogens is 1. The Kier molecular flexibility index (Phi) is 6.06. The molecular weight excluding hydrogens is 381 g/mol. The van der Waals surface area contributed by atoms with Crippen LogP contribution in [0.3, 0.4) is 0 Å². The number of alkyl halides is 3. The van der Waals surface area contributed by atoms with Crippen molar-refractivity contribution in [2.24, 2.45) is 0 Å². The summed E-state index contributed by atoms with van der Waals surface area (Å²) in [4.78, 5) is 22.5. The fourth-order valence-electron chi connectivity index (χ4n) is 1.92. The number of nitrogens with zero attached hydrogens (tertiary/aromatic N) is 1. The number of halogens is 3. The Morgan fingerprint density at radius 2 is 2.08 bits per heavy atom. The number of benzene rings is 1. The molecule has 0 saturated carbocycles. The molecule has 2 rings (SSSR count). The highest BCUT2D eigenvalue weighted by atomic mass is 35.6. The van der Waals surface area contributed by atoms with Gasteiger partial charge in [-0.1, -0.05) is 40.9 Å². The Hall–Kier alpha value is -1.80. The lowest BCUT2D eigenvalue weighted by Gasteiger charge is -2.23. The lowest BCUT2D eigenvalue weighted by atomic mass is 10.2. The Bertz CT molecular complexity index is 716. The average Bonchev–Trinajstić information content (AvgIpc) is 3.03. The van der Waals surface area contributed by atoms with Crippen LogP contribution in [0.25, 0.3) is 0 Å². The van der Waals surface area contributed by atoms with Gasteiger partial charge in [0.1, 0.15) is 6.54 Å². The maximum atomic E-state index is 12.3. The third-order valence-electron chi connectivity index (χ3n) is 3.09. The molecule has 0 spiro atoms. The Morgan fingerprint density at radius 3 is 2.67 bits per heavy atom. The van der Waals surface area contributed by atoms with Crippen molar-refractivity contribution in [2.75, 3.05) is 0 Å². The lowest BCUT2D eigenvalue weighted by Crippen LogP contribution is -2.95. The maximum absolute atomic E-state index is 12.3. The fraction of sp³-hybridized carbons (Fsp3) is 0.214. The summed E-state index contributed by atoms with van der Waals surface area (Å²) in [7, 11) is 0. The van der Waals surface area contributed by atoms with Crippen LogP contribution in [-0.2, 0) is 6.54 Å². The quantitative estimate of drug-likeness (QED) is 0.340. The predicted molar refractivity (Wildman–Crippen MR) is 89.0 cm³/mol. The molecule has 7 nitrogen and oxygen atoms in total. The van der Waals surface area contributed by atoms with Crippen LogP contribution in [0.2, 0.25) is 0 Å². The average molecular weight is 394 g/mol. The number of carbonyl (C=O) groups excluding carboxylic acids is 1. The second kappa shape index (κ2) is 7.85. The summed E-state index contributed by atoms with van der Waals surface area (Å²) in [6, 6.07) is 8.74. The van der Waals surface area contributed by atoms with E-state index in [4.69, 9.17) is 39.2 Å². The zero-order chi connectivity index (χ0) is 17.7. The summed E-state index contributed by atoms with van der Waals surface area (Å²) in [5.41, 5.74) is -0.109. The number of carbonyl (C=O) groups is 1. The molecule has 2 aromatic rings. The molecule has 0 fully saturated rings. The van der Waals surface area contributed by atoms with Crippen molar-refractivity contribution in [3.8, 4) is 0 Å². The van der Waals surface area contributed by atoms with Gasteiger partial charge in [0.25, 0.3) is 15.4 Å². The number of nitro groups is 1. The minimum absolute atomic E-state index is 0.0925. The first-order chi connectivity index (χ1) is 11.3. The van der Waals surface area contributed by atoms with E-state index in [1.54, 1.807) is 17.4 Å². The predicted octanol–water partition coefficient (Wildman–Crippen LogP) is 2.38. The van der Waals surface area contributed by atoms with Gasteiger partial charge in [-0.25, -0.2) is 0 Å². The van der Waals surface area contributed by atoms with Gasteiger partial charge < -0.3 is 9.73 Å². The number of rotatable bonds is 6. The van der Waals surface area contributed by atoms with E-state index in [1.807, 2.05) is 0 Å². The van der Waals surface area contributed by atoms with Crippen molar-refractivity contribution < 1.29 is 19.5 Å². The van der Waals surface area contributed by atoms with E-state index >= 15 is 0 Å². The summed E-state index contributed by atoms with van der Waals surface area (Å²) in [6.45, 7) is 0.334. The third kappa shape index (κ3) is 5.10. The summed E-state index contributed by atoms with van der Waals surface area (Å²) in [6.07, 6.45) is 0.592. The van der Waals surface area contributed by atoms with Gasteiger partial charge in [-0.3, -0.25) is 20.2 Å². The van der Waals surface area contributed by atoms with Crippen molar-refractivity contribution in [1.82, 2.24) is 5.32 Å². The highest BCUT2D eigenvalue weighted by Crippen LogP contribution is 2.27. The van der Waals surface area contributed by atoms with E-state index in [0.717, 1.165) is 6.07 Å². The summed E-state index contributed by atoms with van der Waals surface area (Å²) < 4.78 is 3.39. The van der Waals surface area contributed by atoms with Crippen molar-refractivity contribution in [3.05, 3.63) is 64.1 Å². The first-order valence-corrected chi connectivity index (χ1v) is 7.88. The fourth-order valence-corrected chi connectivity index (χ4v) is 2.35. The third-order valence-corrected chi connectivity index (χ3v) is 3.80. The summed E-state index contributed by atoms with van der Waals surface area (Å²) >= 11 is 17.7. The number of furan rings is 1. The zero-order valence-corrected chi connectivity index (χ0v) is 14.4. The second-order valence-electron chi connectivity index (χ2n) is 4.82. The van der Waals surface area contributed by atoms with Crippen LogP contribution in [0.5, 0.6) is 0 Å². The number of nitrogens with one attached hydrogen (secondary N) is 1. The van der Waals surface area contributed by atoms with Gasteiger partial charge >= 0.3 is 0 Å². The molecule has 0 bridgehead atoms. The molecule has 0 unspecified atom stereocenters. The number of amides is 1. The summed E-state index contributed by atoms with van der Waals surface area (Å²) in [5.74, 6) is 0.0459. The maximum Gasteiger partial charge on any atom is 0.270 e. The largest absolute Gasteiger partial charge is 0.463 e. The molecule has 0 saturated heterocycles. The van der Waals surface area contributed by atoms with Gasteiger partial charge in [0.2, 0.25) is 6.17 Å². The van der Waals surface area contributed by atoms with E-state index in [2.05, 4.69) is 5.32 Å². The number of hydrogen-bond donors (Lipinski definition) is 2. The second-order valence-corrected chi connectivity index (χ2v) is 7.19. The van der Waals surface area contributed by atoms with E-state index in [-0.39, 0.29) is 11.3 Å². The van der Waals surface area contributed by atoms with E-state index < -0.39 is 20.8 Å². The molecule has 3 N–H and O–H groups in total. The normalized spacial score (nSPS) is 12.6. The highest BCUT2D eigenvalue weighted by Gasteiger charge is 2.37. The van der Waals surface area contributed by atoms with Gasteiger partial charge in [-0.15, -0.1) is 0 Å². The minimum Gasteiger partial charge on any atom is -0.463 e. The molecule has 1 amide bonds. The first-order valence-electron chi connectivity index (χ1n) is 6.75. The van der Waals surface area contributed by atoms with Crippen molar-refractivity contribution in [3.63, 3.8) is 0 Å². The van der Waals surface area contributed by atoms with Gasteiger partial charge in [-0.05, 0) is 18.2 Å². The number of non-ortho nitro benzene ring substituents is 1. The molecule has 0 aliphatic carbocycles. The van der Waals surface area contributed by atoms with Crippen LogP contribution in [-0.4, -0.2) is 20.8 Å². The molecule has 0 aliphatic heterocycles. The standard InChI is InChI=1S/C14H12Cl3N3O4/c15-14(16,17)13(18-8-11-5-2-6-24-11)19-12(21)9-3-1-4-10(7-9)20(22)23/h1-7,13,18H,8H2,(H,19,21)/p+1/t13-/m1/s1. The Labute approximate surface area is 152 Å². The smallest absolute Gasteiger partial charge is 0.270 e. The highest BCUT2D eigenvalue weighted by molar-refractivity contribution is 6.68. The van der Waals surface area contributed by atoms with Crippen molar-refractivity contribution >= 4 is 46.4 Å². The molecule has 1 atom stereocenters. The Morgan fingerprint density at radius 1 is 1.33 bits per heavy atom. The minimum atomic E-state index is -1.79. The molecule has 1 aromatic carbocycles. The molecular formula is C14H13Cl3N3O4+. The van der Waals surface area contributed by atoms with E-state index in [0.29, 0.717) is 12.3 Å². The summed E-state index contributed by atoms with van der Waals surface area (Å²) in [5, 5.41) is 14.9.